The molecule has 0 heterocycles. The van der Waals surface area contributed by atoms with Crippen LogP contribution in [0.25, 0.3) is 0 Å². The minimum atomic E-state index is -0.382. The van der Waals surface area contributed by atoms with Gasteiger partial charge in [0.25, 0.3) is 0 Å². The number of hydrogen-bond donors (Lipinski definition) is 1. The summed E-state index contributed by atoms with van der Waals surface area (Å²) in [5.41, 5.74) is 3.15. The summed E-state index contributed by atoms with van der Waals surface area (Å²) < 4.78 is 13.2. The Morgan fingerprint density at radius 1 is 0.895 bits per heavy atom. The lowest BCUT2D eigenvalue weighted by Crippen LogP contribution is -2.12. The van der Waals surface area contributed by atoms with E-state index in [2.05, 4.69) is 5.32 Å². The average Bonchev–Trinajstić information content (AvgIpc) is 2.43. The molecule has 0 saturated heterocycles. The Kier molecular flexibility index (Phi) is 5.20. The highest BCUT2D eigenvalue weighted by Gasteiger charge is 2.01. The van der Waals surface area contributed by atoms with E-state index < -0.39 is 0 Å². The van der Waals surface area contributed by atoms with Gasteiger partial charge < -0.3 is 5.32 Å². The normalized spacial score (nSPS) is 10.7. The Morgan fingerprint density at radius 2 is 1.47 bits per heavy atom. The molecule has 19 heavy (non-hydrogen) atoms. The number of benzene rings is 2. The van der Waals surface area contributed by atoms with Crippen LogP contribution in [0.4, 0.5) is 4.39 Å². The molecule has 0 atom stereocenters. The van der Waals surface area contributed by atoms with Crippen molar-refractivity contribution in [3.8, 4) is 0 Å². The molecule has 0 amide bonds. The van der Waals surface area contributed by atoms with Crippen LogP contribution in [-0.2, 0) is 19.0 Å². The molecule has 2 aromatic carbocycles. The third-order valence-electron chi connectivity index (χ3n) is 2.82. The van der Waals surface area contributed by atoms with Crippen LogP contribution in [0, 0.1) is 5.82 Å². The zero-order valence-corrected chi connectivity index (χ0v) is 11.8. The smallest absolute Gasteiger partial charge is 0.142 e. The van der Waals surface area contributed by atoms with Gasteiger partial charge in [0.2, 0.25) is 0 Å². The molecule has 0 fully saturated rings. The van der Waals surface area contributed by atoms with Crippen LogP contribution in [0.2, 0.25) is 5.02 Å². The highest BCUT2D eigenvalue weighted by Crippen LogP contribution is 2.15. The molecule has 0 spiro atoms. The molecule has 1 N–H and O–H groups in total. The van der Waals surface area contributed by atoms with Crippen molar-refractivity contribution in [1.29, 1.82) is 0 Å². The highest BCUT2D eigenvalue weighted by molar-refractivity contribution is 6.30. The fourth-order valence-corrected chi connectivity index (χ4v) is 2.04. The summed E-state index contributed by atoms with van der Waals surface area (Å²) in [5.74, 6) is 0.144. The molecule has 4 heteroatoms. The van der Waals surface area contributed by atoms with Gasteiger partial charge in [-0.15, -0.1) is 11.6 Å². The Labute approximate surface area is 122 Å². The first-order valence-electron chi connectivity index (χ1n) is 5.97. The molecule has 0 radical (unpaired) electrons. The first-order valence-corrected chi connectivity index (χ1v) is 6.88. The minimum Gasteiger partial charge on any atom is -0.309 e. The third-order valence-corrected chi connectivity index (χ3v) is 3.43. The van der Waals surface area contributed by atoms with Gasteiger partial charge in [-0.05, 0) is 28.8 Å². The van der Waals surface area contributed by atoms with E-state index in [1.54, 1.807) is 6.07 Å². The van der Waals surface area contributed by atoms with Crippen molar-refractivity contribution in [2.75, 3.05) is 0 Å². The number of hydrogen-bond acceptors (Lipinski definition) is 1. The molecule has 0 aliphatic rings. The van der Waals surface area contributed by atoms with E-state index in [0.717, 1.165) is 17.7 Å². The average molecular weight is 298 g/mol. The molecule has 0 bridgehead atoms. The molecule has 100 valence electrons. The quantitative estimate of drug-likeness (QED) is 0.801. The lowest BCUT2D eigenvalue weighted by Gasteiger charge is -2.06. The van der Waals surface area contributed by atoms with Crippen LogP contribution in [-0.4, -0.2) is 0 Å². The van der Waals surface area contributed by atoms with Gasteiger partial charge in [0.15, 0.2) is 0 Å². The zero-order valence-electron chi connectivity index (χ0n) is 10.3. The van der Waals surface area contributed by atoms with Crippen LogP contribution in [0.5, 0.6) is 0 Å². The number of nitrogens with one attached hydrogen (secondary N) is 1. The van der Waals surface area contributed by atoms with E-state index in [0.29, 0.717) is 12.4 Å². The summed E-state index contributed by atoms with van der Waals surface area (Å²) in [5, 5.41) is 3.41. The predicted molar refractivity (Wildman–Crippen MR) is 78.0 cm³/mol. The fraction of sp³-hybridized carbons (Fsp3) is 0.200. The Morgan fingerprint density at radius 3 is 2.11 bits per heavy atom. The van der Waals surface area contributed by atoms with Gasteiger partial charge in [-0.3, -0.25) is 0 Å². The maximum Gasteiger partial charge on any atom is 0.142 e. The second kappa shape index (κ2) is 6.90. The van der Waals surface area contributed by atoms with E-state index in [-0.39, 0.29) is 10.8 Å². The summed E-state index contributed by atoms with van der Waals surface area (Å²) in [6, 6.07) is 12.9. The maximum atomic E-state index is 13.2. The van der Waals surface area contributed by atoms with E-state index >= 15 is 0 Å². The van der Waals surface area contributed by atoms with Crippen molar-refractivity contribution in [1.82, 2.24) is 5.32 Å². The van der Waals surface area contributed by atoms with Crippen LogP contribution in [0.15, 0.2) is 42.5 Å². The maximum absolute atomic E-state index is 13.2. The summed E-state index contributed by atoms with van der Waals surface area (Å²) >= 11 is 11.4. The predicted octanol–water partition coefficient (Wildman–Crippen LogP) is 4.51. The SMILES string of the molecule is Fc1cc(CNCc2ccc(CCl)cc2)ccc1Cl. The summed E-state index contributed by atoms with van der Waals surface area (Å²) in [7, 11) is 0. The molecular formula is C15H14Cl2FN. The largest absolute Gasteiger partial charge is 0.309 e. The van der Waals surface area contributed by atoms with E-state index in [1.807, 2.05) is 30.3 Å². The zero-order chi connectivity index (χ0) is 13.7. The van der Waals surface area contributed by atoms with Gasteiger partial charge in [-0.2, -0.15) is 0 Å². The lowest BCUT2D eigenvalue weighted by molar-refractivity contribution is 0.620. The molecule has 0 aromatic heterocycles. The van der Waals surface area contributed by atoms with Crippen LogP contribution in [0.3, 0.4) is 0 Å². The van der Waals surface area contributed by atoms with Gasteiger partial charge in [0.1, 0.15) is 5.82 Å². The van der Waals surface area contributed by atoms with Crippen LogP contribution < -0.4 is 5.32 Å². The van der Waals surface area contributed by atoms with Crippen molar-refractivity contribution < 1.29 is 4.39 Å². The van der Waals surface area contributed by atoms with Crippen molar-refractivity contribution in [3.05, 3.63) is 70.0 Å². The number of rotatable bonds is 5. The second-order valence-electron chi connectivity index (χ2n) is 4.30. The Bertz CT molecular complexity index is 540. The van der Waals surface area contributed by atoms with Gasteiger partial charge in [-0.25, -0.2) is 4.39 Å². The van der Waals surface area contributed by atoms with E-state index in [9.17, 15) is 4.39 Å². The van der Waals surface area contributed by atoms with E-state index in [4.69, 9.17) is 23.2 Å². The van der Waals surface area contributed by atoms with Crippen molar-refractivity contribution >= 4 is 23.2 Å². The van der Waals surface area contributed by atoms with Crippen LogP contribution >= 0.6 is 23.2 Å². The summed E-state index contributed by atoms with van der Waals surface area (Å²) in [6.07, 6.45) is 0. The van der Waals surface area contributed by atoms with Crippen molar-refractivity contribution in [2.24, 2.45) is 0 Å². The summed E-state index contributed by atoms with van der Waals surface area (Å²) in [4.78, 5) is 0. The van der Waals surface area contributed by atoms with E-state index in [1.165, 1.54) is 11.6 Å². The molecule has 0 aliphatic heterocycles. The Balaban J connectivity index is 1.86. The molecule has 1 nitrogen and oxygen atoms in total. The van der Waals surface area contributed by atoms with Crippen molar-refractivity contribution in [2.45, 2.75) is 19.0 Å². The van der Waals surface area contributed by atoms with Crippen LogP contribution in [0.1, 0.15) is 16.7 Å². The molecule has 0 unspecified atom stereocenters. The molecule has 2 aromatic rings. The lowest BCUT2D eigenvalue weighted by atomic mass is 10.1. The number of alkyl halides is 1. The van der Waals surface area contributed by atoms with Crippen molar-refractivity contribution in [3.63, 3.8) is 0 Å². The van der Waals surface area contributed by atoms with Gasteiger partial charge >= 0.3 is 0 Å². The monoisotopic (exact) mass is 297 g/mol. The second-order valence-corrected chi connectivity index (χ2v) is 4.98. The van der Waals surface area contributed by atoms with Gasteiger partial charge in [0.05, 0.1) is 5.02 Å². The molecule has 0 aliphatic carbocycles. The van der Waals surface area contributed by atoms with Gasteiger partial charge in [0, 0.05) is 19.0 Å². The highest BCUT2D eigenvalue weighted by atomic mass is 35.5. The fourth-order valence-electron chi connectivity index (χ4n) is 1.75. The Hall–Kier alpha value is -1.09. The summed E-state index contributed by atoms with van der Waals surface area (Å²) in [6.45, 7) is 1.33. The molecular weight excluding hydrogens is 284 g/mol. The molecule has 2 rings (SSSR count). The standard InChI is InChI=1S/C15H14Cl2FN/c16-8-11-1-3-12(4-2-11)9-19-10-13-5-6-14(17)15(18)7-13/h1-7,19H,8-10H2. The van der Waals surface area contributed by atoms with Gasteiger partial charge in [-0.1, -0.05) is 41.9 Å². The molecule has 0 saturated carbocycles. The topological polar surface area (TPSA) is 12.0 Å². The minimum absolute atomic E-state index is 0.153. The third kappa shape index (κ3) is 4.20. The first-order chi connectivity index (χ1) is 9.19. The first kappa shape index (κ1) is 14.3. The number of halogens is 3.